The molecule has 2 heterocycles. The number of β-amino-alcohol motifs (C(OH)–C–C–N with tert-alkyl or cyclic N) is 1. The highest BCUT2D eigenvalue weighted by atomic mass is 19.1. The maximum atomic E-state index is 13.4. The largest absolute Gasteiger partial charge is 0.389 e. The molecule has 0 aromatic carbocycles. The molecule has 0 spiro atoms. The van der Waals surface area contributed by atoms with Crippen LogP contribution in [0.2, 0.25) is 0 Å². The maximum Gasteiger partial charge on any atom is 0.165 e. The summed E-state index contributed by atoms with van der Waals surface area (Å²) >= 11 is 0. The zero-order chi connectivity index (χ0) is 10.1. The molecule has 2 rings (SSSR count). The molecule has 0 aliphatic carbocycles. The Morgan fingerprint density at radius 3 is 2.86 bits per heavy atom. The lowest BCUT2D eigenvalue weighted by Gasteiger charge is -2.36. The van der Waals surface area contributed by atoms with Crippen LogP contribution in [-0.2, 0) is 6.42 Å². The second-order valence-electron chi connectivity index (χ2n) is 3.56. The van der Waals surface area contributed by atoms with Gasteiger partial charge in [0.15, 0.2) is 11.6 Å². The Kier molecular flexibility index (Phi) is 2.37. The first-order valence-electron chi connectivity index (χ1n) is 4.78. The first kappa shape index (κ1) is 9.40. The van der Waals surface area contributed by atoms with Crippen LogP contribution in [0.1, 0.15) is 12.5 Å². The standard InChI is InChI=1S/C10H13FN2O/c1-2-7-3-9(11)10(12-4-7)13-5-8(14)6-13/h3-4,8,14H,2,5-6H2,1H3. The lowest BCUT2D eigenvalue weighted by Crippen LogP contribution is -2.51. The fourth-order valence-corrected chi connectivity index (χ4v) is 1.52. The van der Waals surface area contributed by atoms with Crippen LogP contribution >= 0.6 is 0 Å². The molecule has 1 aliphatic heterocycles. The van der Waals surface area contributed by atoms with Crippen LogP contribution in [0.15, 0.2) is 12.3 Å². The zero-order valence-electron chi connectivity index (χ0n) is 8.07. The third-order valence-electron chi connectivity index (χ3n) is 2.45. The number of pyridine rings is 1. The van der Waals surface area contributed by atoms with Crippen molar-refractivity contribution in [1.29, 1.82) is 0 Å². The molecule has 1 aromatic heterocycles. The summed E-state index contributed by atoms with van der Waals surface area (Å²) in [5.41, 5.74) is 0.896. The average Bonchev–Trinajstić information content (AvgIpc) is 2.13. The number of hydrogen-bond acceptors (Lipinski definition) is 3. The molecule has 0 bridgehead atoms. The summed E-state index contributed by atoms with van der Waals surface area (Å²) in [5.74, 6) is 0.0590. The van der Waals surface area contributed by atoms with Gasteiger partial charge in [0, 0.05) is 19.3 Å². The summed E-state index contributed by atoms with van der Waals surface area (Å²) in [6.07, 6.45) is 2.14. The minimum Gasteiger partial charge on any atom is -0.389 e. The highest BCUT2D eigenvalue weighted by Gasteiger charge is 2.27. The van der Waals surface area contributed by atoms with Crippen LogP contribution in [0.5, 0.6) is 0 Å². The van der Waals surface area contributed by atoms with Crippen LogP contribution in [0.3, 0.4) is 0 Å². The third-order valence-corrected chi connectivity index (χ3v) is 2.45. The van der Waals surface area contributed by atoms with Crippen molar-refractivity contribution in [2.45, 2.75) is 19.4 Å². The van der Waals surface area contributed by atoms with Crippen LogP contribution in [-0.4, -0.2) is 29.3 Å². The summed E-state index contributed by atoms with van der Waals surface area (Å²) in [7, 11) is 0. The fourth-order valence-electron chi connectivity index (χ4n) is 1.52. The predicted octanol–water partition coefficient (Wildman–Crippen LogP) is 0.964. The summed E-state index contributed by atoms with van der Waals surface area (Å²) in [6, 6.07) is 1.51. The number of nitrogens with zero attached hydrogens (tertiary/aromatic N) is 2. The van der Waals surface area contributed by atoms with Gasteiger partial charge in [-0.3, -0.25) is 0 Å². The van der Waals surface area contributed by atoms with E-state index in [4.69, 9.17) is 5.11 Å². The number of aliphatic hydroxyl groups is 1. The molecule has 0 amide bonds. The Labute approximate surface area is 82.2 Å². The number of halogens is 1. The summed E-state index contributed by atoms with van der Waals surface area (Å²) < 4.78 is 13.4. The molecule has 1 fully saturated rings. The van der Waals surface area contributed by atoms with Gasteiger partial charge in [0.05, 0.1) is 6.10 Å². The van der Waals surface area contributed by atoms with E-state index in [2.05, 4.69) is 4.98 Å². The van der Waals surface area contributed by atoms with E-state index >= 15 is 0 Å². The SMILES string of the molecule is CCc1cnc(N2CC(O)C2)c(F)c1. The van der Waals surface area contributed by atoms with Crippen molar-refractivity contribution in [3.63, 3.8) is 0 Å². The Bertz CT molecular complexity index is 337. The monoisotopic (exact) mass is 196 g/mol. The van der Waals surface area contributed by atoms with Crippen LogP contribution < -0.4 is 4.90 Å². The van der Waals surface area contributed by atoms with E-state index in [0.29, 0.717) is 18.9 Å². The molecule has 1 aliphatic rings. The van der Waals surface area contributed by atoms with Crippen molar-refractivity contribution < 1.29 is 9.50 Å². The molecule has 4 heteroatoms. The van der Waals surface area contributed by atoms with Gasteiger partial charge in [0.25, 0.3) is 0 Å². The van der Waals surface area contributed by atoms with Gasteiger partial charge in [0.2, 0.25) is 0 Å². The summed E-state index contributed by atoms with van der Waals surface area (Å²) in [4.78, 5) is 5.78. The molecule has 1 N–H and O–H groups in total. The Hall–Kier alpha value is -1.16. The molecule has 0 saturated carbocycles. The third kappa shape index (κ3) is 1.57. The van der Waals surface area contributed by atoms with Gasteiger partial charge in [-0.2, -0.15) is 0 Å². The molecule has 0 atom stereocenters. The van der Waals surface area contributed by atoms with E-state index in [-0.39, 0.29) is 11.9 Å². The molecule has 3 nitrogen and oxygen atoms in total. The van der Waals surface area contributed by atoms with Crippen molar-refractivity contribution in [3.05, 3.63) is 23.6 Å². The number of hydrogen-bond donors (Lipinski definition) is 1. The quantitative estimate of drug-likeness (QED) is 0.765. The lowest BCUT2D eigenvalue weighted by molar-refractivity contribution is 0.140. The van der Waals surface area contributed by atoms with E-state index in [9.17, 15) is 4.39 Å². The first-order chi connectivity index (χ1) is 6.70. The number of aromatic nitrogens is 1. The van der Waals surface area contributed by atoms with E-state index in [1.54, 1.807) is 11.1 Å². The topological polar surface area (TPSA) is 36.4 Å². The normalized spacial score (nSPS) is 16.9. The minimum atomic E-state index is -0.331. The minimum absolute atomic E-state index is 0.295. The molecular formula is C10H13FN2O. The average molecular weight is 196 g/mol. The predicted molar refractivity (Wildman–Crippen MR) is 51.8 cm³/mol. The van der Waals surface area contributed by atoms with Crippen LogP contribution in [0.25, 0.3) is 0 Å². The van der Waals surface area contributed by atoms with Gasteiger partial charge in [-0.1, -0.05) is 6.92 Å². The summed E-state index contributed by atoms with van der Waals surface area (Å²) in [6.45, 7) is 2.92. The van der Waals surface area contributed by atoms with Gasteiger partial charge >= 0.3 is 0 Å². The molecule has 0 radical (unpaired) electrons. The number of aryl methyl sites for hydroxylation is 1. The molecule has 0 unspecified atom stereocenters. The second-order valence-corrected chi connectivity index (χ2v) is 3.56. The highest BCUT2D eigenvalue weighted by molar-refractivity contribution is 5.44. The molecule has 14 heavy (non-hydrogen) atoms. The van der Waals surface area contributed by atoms with Crippen molar-refractivity contribution in [2.75, 3.05) is 18.0 Å². The van der Waals surface area contributed by atoms with Gasteiger partial charge in [-0.25, -0.2) is 9.37 Å². The van der Waals surface area contributed by atoms with Gasteiger partial charge in [-0.15, -0.1) is 0 Å². The van der Waals surface area contributed by atoms with Gasteiger partial charge in [-0.05, 0) is 18.1 Å². The van der Waals surface area contributed by atoms with Crippen LogP contribution in [0, 0.1) is 5.82 Å². The van der Waals surface area contributed by atoms with Gasteiger partial charge < -0.3 is 10.0 Å². The van der Waals surface area contributed by atoms with E-state index in [0.717, 1.165) is 12.0 Å². The van der Waals surface area contributed by atoms with Crippen LogP contribution in [0.4, 0.5) is 10.2 Å². The van der Waals surface area contributed by atoms with Crippen molar-refractivity contribution in [3.8, 4) is 0 Å². The highest BCUT2D eigenvalue weighted by Crippen LogP contribution is 2.22. The Morgan fingerprint density at radius 2 is 2.36 bits per heavy atom. The maximum absolute atomic E-state index is 13.4. The molecule has 1 aromatic rings. The number of aliphatic hydroxyl groups excluding tert-OH is 1. The number of rotatable bonds is 2. The zero-order valence-corrected chi connectivity index (χ0v) is 8.07. The van der Waals surface area contributed by atoms with Crippen molar-refractivity contribution in [1.82, 2.24) is 4.98 Å². The molecule has 76 valence electrons. The Morgan fingerprint density at radius 1 is 1.64 bits per heavy atom. The first-order valence-corrected chi connectivity index (χ1v) is 4.78. The van der Waals surface area contributed by atoms with E-state index in [1.165, 1.54) is 6.07 Å². The van der Waals surface area contributed by atoms with Gasteiger partial charge in [0.1, 0.15) is 0 Å². The van der Waals surface area contributed by atoms with Crippen molar-refractivity contribution >= 4 is 5.82 Å². The van der Waals surface area contributed by atoms with Crippen molar-refractivity contribution in [2.24, 2.45) is 0 Å². The lowest BCUT2D eigenvalue weighted by atomic mass is 10.1. The second kappa shape index (κ2) is 3.53. The Balaban J connectivity index is 2.18. The van der Waals surface area contributed by atoms with E-state index in [1.807, 2.05) is 6.92 Å². The molecular weight excluding hydrogens is 183 g/mol. The smallest absolute Gasteiger partial charge is 0.165 e. The fraction of sp³-hybridized carbons (Fsp3) is 0.500. The van der Waals surface area contributed by atoms with E-state index < -0.39 is 0 Å². The molecule has 1 saturated heterocycles. The summed E-state index contributed by atoms with van der Waals surface area (Å²) in [5, 5.41) is 9.08. The number of anilines is 1.